The van der Waals surface area contributed by atoms with Crippen LogP contribution in [0.15, 0.2) is 65.6 Å². The highest BCUT2D eigenvalue weighted by Crippen LogP contribution is 2.28. The molecule has 9 nitrogen and oxygen atoms in total. The van der Waals surface area contributed by atoms with Gasteiger partial charge in [-0.1, -0.05) is 44.0 Å². The van der Waals surface area contributed by atoms with Gasteiger partial charge in [0.05, 0.1) is 31.9 Å². The third kappa shape index (κ3) is 6.86. The Bertz CT molecular complexity index is 1370. The second-order valence-electron chi connectivity index (χ2n) is 9.94. The molecule has 0 aliphatic rings. The number of fused-ring (bicyclic) bond motifs is 1. The topological polar surface area (TPSA) is 113 Å². The number of unbranched alkanes of at least 4 members (excludes halogenated alkanes) is 1. The Morgan fingerprint density at radius 1 is 0.949 bits per heavy atom. The smallest absolute Gasteiger partial charge is 0.261 e. The van der Waals surface area contributed by atoms with Gasteiger partial charge in [0.25, 0.3) is 5.56 Å². The van der Waals surface area contributed by atoms with E-state index >= 15 is 0 Å². The molecule has 206 valence electrons. The molecule has 0 amide bonds. The maximum Gasteiger partial charge on any atom is 0.261 e. The van der Waals surface area contributed by atoms with Gasteiger partial charge in [-0.2, -0.15) is 4.98 Å². The first-order valence-corrected chi connectivity index (χ1v) is 13.2. The zero-order valence-electron chi connectivity index (χ0n) is 23.0. The number of aliphatic hydroxyl groups is 1. The minimum absolute atomic E-state index is 0.0972. The van der Waals surface area contributed by atoms with E-state index in [0.717, 1.165) is 41.9 Å². The number of methoxy groups -OCH3 is 2. The maximum absolute atomic E-state index is 12.9. The molecule has 0 fully saturated rings. The summed E-state index contributed by atoms with van der Waals surface area (Å²) in [5.41, 5.74) is 1.70. The van der Waals surface area contributed by atoms with Crippen molar-refractivity contribution in [2.24, 2.45) is 0 Å². The summed E-state index contributed by atoms with van der Waals surface area (Å²) < 4.78 is 10.6. The van der Waals surface area contributed by atoms with Gasteiger partial charge in [-0.25, -0.2) is 4.98 Å². The molecule has 4 aromatic rings. The van der Waals surface area contributed by atoms with Crippen LogP contribution in [0.5, 0.6) is 11.5 Å². The normalized spacial score (nSPS) is 12.6. The van der Waals surface area contributed by atoms with Gasteiger partial charge in [0.15, 0.2) is 0 Å². The van der Waals surface area contributed by atoms with Crippen molar-refractivity contribution in [3.8, 4) is 11.5 Å². The number of nitrogens with zero attached hydrogens (tertiary/aromatic N) is 3. The lowest BCUT2D eigenvalue weighted by molar-refractivity contribution is 0.212. The summed E-state index contributed by atoms with van der Waals surface area (Å²) in [5, 5.41) is 14.0. The summed E-state index contributed by atoms with van der Waals surface area (Å²) in [4.78, 5) is 27.4. The van der Waals surface area contributed by atoms with E-state index in [0.29, 0.717) is 35.8 Å². The molecular formula is C30H37N5O4. The number of pyridine rings is 1. The van der Waals surface area contributed by atoms with Crippen molar-refractivity contribution in [1.29, 1.82) is 0 Å². The molecule has 0 radical (unpaired) electrons. The van der Waals surface area contributed by atoms with Crippen molar-refractivity contribution in [2.45, 2.75) is 51.7 Å². The third-order valence-corrected chi connectivity index (χ3v) is 6.81. The first-order valence-electron chi connectivity index (χ1n) is 13.2. The molecule has 0 aliphatic carbocycles. The Kier molecular flexibility index (Phi) is 9.03. The average molecular weight is 532 g/mol. The predicted molar refractivity (Wildman–Crippen MR) is 155 cm³/mol. The van der Waals surface area contributed by atoms with Crippen LogP contribution in [0, 0.1) is 0 Å². The van der Waals surface area contributed by atoms with Gasteiger partial charge < -0.3 is 29.8 Å². The molecular weight excluding hydrogens is 494 g/mol. The molecule has 0 saturated carbocycles. The number of ether oxygens (including phenoxy) is 2. The molecule has 4 rings (SSSR count). The lowest BCUT2D eigenvalue weighted by atomic mass is 9.95. The number of anilines is 2. The van der Waals surface area contributed by atoms with Crippen LogP contribution in [0.3, 0.4) is 0 Å². The number of aromatic amines is 1. The number of hydrogen-bond acceptors (Lipinski definition) is 8. The minimum Gasteiger partial charge on any atom is -0.497 e. The Morgan fingerprint density at radius 3 is 2.05 bits per heavy atom. The highest BCUT2D eigenvalue weighted by molar-refractivity contribution is 5.89. The van der Waals surface area contributed by atoms with Crippen LogP contribution in [-0.2, 0) is 13.1 Å². The Labute approximate surface area is 228 Å². The summed E-state index contributed by atoms with van der Waals surface area (Å²) in [7, 11) is 3.29. The van der Waals surface area contributed by atoms with Crippen molar-refractivity contribution >= 4 is 22.7 Å². The second kappa shape index (κ2) is 12.6. The molecule has 0 unspecified atom stereocenters. The van der Waals surface area contributed by atoms with E-state index < -0.39 is 5.54 Å². The van der Waals surface area contributed by atoms with Gasteiger partial charge in [0.2, 0.25) is 5.95 Å². The lowest BCUT2D eigenvalue weighted by Crippen LogP contribution is -2.39. The molecule has 2 heterocycles. The van der Waals surface area contributed by atoms with E-state index in [1.807, 2.05) is 55.5 Å². The highest BCUT2D eigenvalue weighted by Gasteiger charge is 2.26. The largest absolute Gasteiger partial charge is 0.497 e. The summed E-state index contributed by atoms with van der Waals surface area (Å²) in [6, 6.07) is 17.5. The third-order valence-electron chi connectivity index (χ3n) is 6.81. The Balaban J connectivity index is 1.79. The van der Waals surface area contributed by atoms with Gasteiger partial charge in [-0.05, 0) is 54.8 Å². The summed E-state index contributed by atoms with van der Waals surface area (Å²) in [5.74, 6) is 2.43. The number of nitrogens with one attached hydrogen (secondary N) is 2. The Morgan fingerprint density at radius 2 is 1.54 bits per heavy atom. The minimum atomic E-state index is -0.645. The summed E-state index contributed by atoms with van der Waals surface area (Å²) in [6.07, 6.45) is 4.24. The molecule has 2 aromatic heterocycles. The lowest BCUT2D eigenvalue weighted by Gasteiger charge is -2.30. The highest BCUT2D eigenvalue weighted by atomic mass is 16.5. The zero-order chi connectivity index (χ0) is 27.8. The van der Waals surface area contributed by atoms with Gasteiger partial charge >= 0.3 is 0 Å². The van der Waals surface area contributed by atoms with E-state index in [9.17, 15) is 9.90 Å². The standard InChI is InChI=1S/C30H37N5O4/c1-5-6-16-30(2,20-36)34-27-26-25(15-17-31-28(26)37)32-29(33-27)35(18-21-7-11-23(38-3)12-8-21)19-22-9-13-24(39-4)14-10-22/h7-15,17,36H,5-6,16,18-20H2,1-4H3,(H,31,37)(H,32,33,34)/t30-/m1/s1. The molecule has 2 aromatic carbocycles. The van der Waals surface area contributed by atoms with E-state index in [2.05, 4.69) is 22.1 Å². The fourth-order valence-corrected chi connectivity index (χ4v) is 4.44. The number of rotatable bonds is 13. The summed E-state index contributed by atoms with van der Waals surface area (Å²) in [6.45, 7) is 5.01. The number of aromatic nitrogens is 3. The zero-order valence-corrected chi connectivity index (χ0v) is 23.0. The van der Waals surface area contributed by atoms with E-state index in [4.69, 9.17) is 19.4 Å². The van der Waals surface area contributed by atoms with Crippen molar-refractivity contribution in [2.75, 3.05) is 31.0 Å². The second-order valence-corrected chi connectivity index (χ2v) is 9.94. The molecule has 0 aliphatic heterocycles. The van der Waals surface area contributed by atoms with Crippen molar-refractivity contribution in [1.82, 2.24) is 15.0 Å². The number of aliphatic hydroxyl groups excluding tert-OH is 1. The molecule has 39 heavy (non-hydrogen) atoms. The quantitative estimate of drug-likeness (QED) is 0.223. The van der Waals surface area contributed by atoms with Crippen LogP contribution >= 0.6 is 0 Å². The van der Waals surface area contributed by atoms with Crippen LogP contribution in [0.4, 0.5) is 11.8 Å². The first kappa shape index (κ1) is 27.9. The average Bonchev–Trinajstić information content (AvgIpc) is 2.96. The number of H-pyrrole nitrogens is 1. The van der Waals surface area contributed by atoms with Crippen LogP contribution in [-0.4, -0.2) is 46.4 Å². The number of benzene rings is 2. The van der Waals surface area contributed by atoms with E-state index in [1.165, 1.54) is 0 Å². The van der Waals surface area contributed by atoms with Gasteiger partial charge in [0, 0.05) is 19.3 Å². The predicted octanol–water partition coefficient (Wildman–Crippen LogP) is 4.90. The Hall–Kier alpha value is -4.11. The van der Waals surface area contributed by atoms with Crippen LogP contribution in [0.25, 0.3) is 10.9 Å². The molecule has 0 saturated heterocycles. The fraction of sp³-hybridized carbons (Fsp3) is 0.367. The van der Waals surface area contributed by atoms with Crippen molar-refractivity contribution in [3.63, 3.8) is 0 Å². The summed E-state index contributed by atoms with van der Waals surface area (Å²) >= 11 is 0. The van der Waals surface area contributed by atoms with Crippen molar-refractivity contribution in [3.05, 3.63) is 82.3 Å². The maximum atomic E-state index is 12.9. The van der Waals surface area contributed by atoms with Crippen molar-refractivity contribution < 1.29 is 14.6 Å². The van der Waals surface area contributed by atoms with E-state index in [-0.39, 0.29) is 12.2 Å². The molecule has 0 spiro atoms. The van der Waals surface area contributed by atoms with Crippen LogP contribution in [0.2, 0.25) is 0 Å². The van der Waals surface area contributed by atoms with Gasteiger partial charge in [-0.3, -0.25) is 4.79 Å². The van der Waals surface area contributed by atoms with Gasteiger partial charge in [-0.15, -0.1) is 0 Å². The molecule has 3 N–H and O–H groups in total. The number of hydrogen-bond donors (Lipinski definition) is 3. The van der Waals surface area contributed by atoms with Crippen LogP contribution < -0.4 is 25.2 Å². The molecule has 1 atom stereocenters. The van der Waals surface area contributed by atoms with Gasteiger partial charge in [0.1, 0.15) is 22.7 Å². The fourth-order valence-electron chi connectivity index (χ4n) is 4.44. The van der Waals surface area contributed by atoms with E-state index in [1.54, 1.807) is 26.5 Å². The van der Waals surface area contributed by atoms with Crippen LogP contribution in [0.1, 0.15) is 44.2 Å². The first-order chi connectivity index (χ1) is 18.9. The molecule has 9 heteroatoms. The molecule has 0 bridgehead atoms. The SMILES string of the molecule is CCCC[C@](C)(CO)Nc1nc(N(Cc2ccc(OC)cc2)Cc2ccc(OC)cc2)nc2cc[nH]c(=O)c12. The monoisotopic (exact) mass is 531 g/mol.